The first-order chi connectivity index (χ1) is 9.43. The van der Waals surface area contributed by atoms with Gasteiger partial charge in [-0.1, -0.05) is 18.2 Å². The lowest BCUT2D eigenvalue weighted by Gasteiger charge is -2.05. The standard InChI is InChI=1S/C13H11F3N2O2/c1-2-20-12(19)11-10(13(14,15)16)8-18(17-11)9-6-4-3-5-7-9/h3-8H,2H2,1H3. The molecular formula is C13H11F3N2O2. The number of esters is 1. The minimum absolute atomic E-state index is 0.0195. The van der Waals surface area contributed by atoms with E-state index in [9.17, 15) is 18.0 Å². The normalized spacial score (nSPS) is 11.4. The Morgan fingerprint density at radius 2 is 1.95 bits per heavy atom. The minimum atomic E-state index is -4.67. The number of alkyl halides is 3. The van der Waals surface area contributed by atoms with Crippen molar-refractivity contribution in [1.29, 1.82) is 0 Å². The number of ether oxygens (including phenoxy) is 1. The summed E-state index contributed by atoms with van der Waals surface area (Å²) in [6, 6.07) is 8.22. The summed E-state index contributed by atoms with van der Waals surface area (Å²) >= 11 is 0. The largest absolute Gasteiger partial charge is 0.461 e. The summed E-state index contributed by atoms with van der Waals surface area (Å²) in [5, 5.41) is 3.69. The Hall–Kier alpha value is -2.31. The number of para-hydroxylation sites is 1. The molecule has 0 saturated heterocycles. The van der Waals surface area contributed by atoms with Gasteiger partial charge >= 0.3 is 12.1 Å². The number of benzene rings is 1. The van der Waals surface area contributed by atoms with E-state index in [0.717, 1.165) is 10.9 Å². The second-order valence-corrected chi connectivity index (χ2v) is 3.89. The molecule has 0 aliphatic rings. The quantitative estimate of drug-likeness (QED) is 0.814. The van der Waals surface area contributed by atoms with Crippen molar-refractivity contribution in [2.24, 2.45) is 0 Å². The first-order valence-electron chi connectivity index (χ1n) is 5.83. The van der Waals surface area contributed by atoms with E-state index in [1.165, 1.54) is 6.92 Å². The van der Waals surface area contributed by atoms with Crippen LogP contribution in [0, 0.1) is 0 Å². The van der Waals surface area contributed by atoms with E-state index in [1.54, 1.807) is 30.3 Å². The van der Waals surface area contributed by atoms with Crippen LogP contribution in [0.15, 0.2) is 36.5 Å². The minimum Gasteiger partial charge on any atom is -0.461 e. The Labute approximate surface area is 112 Å². The maximum Gasteiger partial charge on any atom is 0.420 e. The number of rotatable bonds is 3. The Morgan fingerprint density at radius 1 is 1.30 bits per heavy atom. The number of halogens is 3. The van der Waals surface area contributed by atoms with Gasteiger partial charge in [-0.05, 0) is 19.1 Å². The van der Waals surface area contributed by atoms with Crippen LogP contribution in [0.25, 0.3) is 5.69 Å². The summed E-state index contributed by atoms with van der Waals surface area (Å²) in [6.45, 7) is 1.49. The molecule has 0 atom stereocenters. The summed E-state index contributed by atoms with van der Waals surface area (Å²) in [7, 11) is 0. The first-order valence-corrected chi connectivity index (χ1v) is 5.83. The van der Waals surface area contributed by atoms with Gasteiger partial charge in [0.15, 0.2) is 5.69 Å². The van der Waals surface area contributed by atoms with E-state index in [1.807, 2.05) is 0 Å². The van der Waals surface area contributed by atoms with Crippen LogP contribution >= 0.6 is 0 Å². The second-order valence-electron chi connectivity index (χ2n) is 3.89. The fourth-order valence-electron chi connectivity index (χ4n) is 1.64. The third-order valence-corrected chi connectivity index (χ3v) is 2.51. The molecule has 0 bridgehead atoms. The van der Waals surface area contributed by atoms with E-state index >= 15 is 0 Å². The smallest absolute Gasteiger partial charge is 0.420 e. The molecule has 2 rings (SSSR count). The molecule has 0 amide bonds. The van der Waals surface area contributed by atoms with Gasteiger partial charge < -0.3 is 4.74 Å². The van der Waals surface area contributed by atoms with Gasteiger partial charge in [0.2, 0.25) is 0 Å². The van der Waals surface area contributed by atoms with Crippen molar-refractivity contribution in [2.75, 3.05) is 6.61 Å². The van der Waals surface area contributed by atoms with Crippen molar-refractivity contribution in [3.63, 3.8) is 0 Å². The summed E-state index contributed by atoms with van der Waals surface area (Å²) in [5.74, 6) is -1.09. The number of hydrogen-bond donors (Lipinski definition) is 0. The lowest BCUT2D eigenvalue weighted by atomic mass is 10.2. The fraction of sp³-hybridized carbons (Fsp3) is 0.231. The molecule has 0 aliphatic heterocycles. The maximum absolute atomic E-state index is 12.9. The molecule has 1 aromatic heterocycles. The molecule has 20 heavy (non-hydrogen) atoms. The van der Waals surface area contributed by atoms with Gasteiger partial charge in [-0.2, -0.15) is 18.3 Å². The number of aromatic nitrogens is 2. The molecule has 106 valence electrons. The van der Waals surface area contributed by atoms with E-state index in [2.05, 4.69) is 9.84 Å². The average Bonchev–Trinajstić information content (AvgIpc) is 2.85. The zero-order chi connectivity index (χ0) is 14.8. The molecule has 0 aliphatic carbocycles. The molecule has 0 unspecified atom stereocenters. The number of carbonyl (C=O) groups is 1. The molecule has 0 radical (unpaired) electrons. The van der Waals surface area contributed by atoms with Gasteiger partial charge in [0.25, 0.3) is 0 Å². The topological polar surface area (TPSA) is 44.1 Å². The van der Waals surface area contributed by atoms with E-state index < -0.39 is 23.4 Å². The molecule has 7 heteroatoms. The first kappa shape index (κ1) is 14.1. The van der Waals surface area contributed by atoms with Crippen LogP contribution in [0.4, 0.5) is 13.2 Å². The Morgan fingerprint density at radius 3 is 2.50 bits per heavy atom. The van der Waals surface area contributed by atoms with Crippen LogP contribution in [0.5, 0.6) is 0 Å². The molecule has 0 saturated carbocycles. The summed E-state index contributed by atoms with van der Waals surface area (Å²) in [6.07, 6.45) is -3.89. The van der Waals surface area contributed by atoms with Gasteiger partial charge in [-0.25, -0.2) is 9.48 Å². The number of carbonyl (C=O) groups excluding carboxylic acids is 1. The number of nitrogens with zero attached hydrogens (tertiary/aromatic N) is 2. The molecule has 1 heterocycles. The maximum atomic E-state index is 12.9. The van der Waals surface area contributed by atoms with E-state index in [4.69, 9.17) is 0 Å². The molecule has 0 spiro atoms. The predicted octanol–water partition coefficient (Wildman–Crippen LogP) is 3.07. The lowest BCUT2D eigenvalue weighted by molar-refractivity contribution is -0.138. The Balaban J connectivity index is 2.50. The Bertz CT molecular complexity index is 606. The van der Waals surface area contributed by atoms with Crippen LogP contribution in [-0.2, 0) is 10.9 Å². The highest BCUT2D eigenvalue weighted by molar-refractivity contribution is 5.89. The SMILES string of the molecule is CCOC(=O)c1nn(-c2ccccc2)cc1C(F)(F)F. The van der Waals surface area contributed by atoms with Crippen molar-refractivity contribution in [2.45, 2.75) is 13.1 Å². The van der Waals surface area contributed by atoms with Crippen molar-refractivity contribution >= 4 is 5.97 Å². The van der Waals surface area contributed by atoms with Gasteiger partial charge in [0.05, 0.1) is 12.3 Å². The molecule has 1 aromatic carbocycles. The number of hydrogen-bond acceptors (Lipinski definition) is 3. The van der Waals surface area contributed by atoms with E-state index in [0.29, 0.717) is 5.69 Å². The zero-order valence-corrected chi connectivity index (χ0v) is 10.5. The van der Waals surface area contributed by atoms with Crippen LogP contribution in [-0.4, -0.2) is 22.4 Å². The summed E-state index contributed by atoms with van der Waals surface area (Å²) < 4.78 is 44.4. The molecule has 2 aromatic rings. The van der Waals surface area contributed by atoms with Gasteiger partial charge in [-0.3, -0.25) is 0 Å². The van der Waals surface area contributed by atoms with E-state index in [-0.39, 0.29) is 6.61 Å². The highest BCUT2D eigenvalue weighted by atomic mass is 19.4. The van der Waals surface area contributed by atoms with Crippen molar-refractivity contribution < 1.29 is 22.7 Å². The van der Waals surface area contributed by atoms with Crippen molar-refractivity contribution in [3.05, 3.63) is 47.8 Å². The molecular weight excluding hydrogens is 273 g/mol. The predicted molar refractivity (Wildman–Crippen MR) is 64.5 cm³/mol. The monoisotopic (exact) mass is 284 g/mol. The van der Waals surface area contributed by atoms with Crippen LogP contribution in [0.3, 0.4) is 0 Å². The third-order valence-electron chi connectivity index (χ3n) is 2.51. The zero-order valence-electron chi connectivity index (χ0n) is 10.5. The third kappa shape index (κ3) is 2.81. The molecule has 0 N–H and O–H groups in total. The summed E-state index contributed by atoms with van der Waals surface area (Å²) in [4.78, 5) is 11.6. The highest BCUT2D eigenvalue weighted by Crippen LogP contribution is 2.32. The van der Waals surface area contributed by atoms with Crippen molar-refractivity contribution in [1.82, 2.24) is 9.78 Å². The van der Waals surface area contributed by atoms with Crippen LogP contribution < -0.4 is 0 Å². The lowest BCUT2D eigenvalue weighted by Crippen LogP contribution is -2.14. The van der Waals surface area contributed by atoms with Gasteiger partial charge in [0, 0.05) is 6.20 Å². The summed E-state index contributed by atoms with van der Waals surface area (Å²) in [5.41, 5.74) is -1.42. The van der Waals surface area contributed by atoms with Crippen molar-refractivity contribution in [3.8, 4) is 5.69 Å². The van der Waals surface area contributed by atoms with Gasteiger partial charge in [-0.15, -0.1) is 0 Å². The highest BCUT2D eigenvalue weighted by Gasteiger charge is 2.39. The second kappa shape index (κ2) is 5.36. The fourth-order valence-corrected chi connectivity index (χ4v) is 1.64. The van der Waals surface area contributed by atoms with Crippen LogP contribution in [0.1, 0.15) is 23.0 Å². The Kier molecular flexibility index (Phi) is 3.78. The van der Waals surface area contributed by atoms with Gasteiger partial charge in [0.1, 0.15) is 5.56 Å². The molecule has 4 nitrogen and oxygen atoms in total. The average molecular weight is 284 g/mol. The molecule has 0 fully saturated rings. The van der Waals surface area contributed by atoms with Crippen LogP contribution in [0.2, 0.25) is 0 Å².